The van der Waals surface area contributed by atoms with Crippen LogP contribution in [0.3, 0.4) is 0 Å². The molecule has 0 bridgehead atoms. The molecule has 0 fully saturated rings. The van der Waals surface area contributed by atoms with E-state index in [2.05, 4.69) is 37.2 Å². The first-order chi connectivity index (χ1) is 9.79. The number of quaternary nitrogens is 1. The maximum absolute atomic E-state index is 9.27. The molecule has 0 aromatic heterocycles. The third-order valence-electron chi connectivity index (χ3n) is 4.51. The lowest BCUT2D eigenvalue weighted by molar-refractivity contribution is -0.936. The Balaban J connectivity index is 2.23. The minimum atomic E-state index is 0.265. The molecule has 3 nitrogen and oxygen atoms in total. The SMILES string of the molecule is CCCCCC/C=C/CCC1N=CC[N+]1(CC)CCO. The van der Waals surface area contributed by atoms with Crippen LogP contribution in [0.4, 0.5) is 0 Å². The van der Waals surface area contributed by atoms with Crippen molar-refractivity contribution in [3.05, 3.63) is 12.2 Å². The van der Waals surface area contributed by atoms with E-state index in [1.807, 2.05) is 0 Å². The van der Waals surface area contributed by atoms with Crippen molar-refractivity contribution in [2.75, 3.05) is 26.2 Å². The maximum atomic E-state index is 9.27. The highest BCUT2D eigenvalue weighted by Gasteiger charge is 2.36. The van der Waals surface area contributed by atoms with Crippen molar-refractivity contribution < 1.29 is 9.59 Å². The fourth-order valence-corrected chi connectivity index (χ4v) is 3.05. The Morgan fingerprint density at radius 1 is 1.20 bits per heavy atom. The normalized spacial score (nSPS) is 25.9. The van der Waals surface area contributed by atoms with Crippen molar-refractivity contribution in [3.63, 3.8) is 0 Å². The van der Waals surface area contributed by atoms with Gasteiger partial charge >= 0.3 is 0 Å². The van der Waals surface area contributed by atoms with Gasteiger partial charge in [0.2, 0.25) is 0 Å². The van der Waals surface area contributed by atoms with Crippen LogP contribution in [0.1, 0.15) is 58.8 Å². The molecule has 0 amide bonds. The highest BCUT2D eigenvalue weighted by molar-refractivity contribution is 5.60. The van der Waals surface area contributed by atoms with Gasteiger partial charge in [-0.2, -0.15) is 0 Å². The smallest absolute Gasteiger partial charge is 0.183 e. The van der Waals surface area contributed by atoms with Gasteiger partial charge in [-0.15, -0.1) is 0 Å². The Kier molecular flexibility index (Phi) is 8.79. The first-order valence-corrected chi connectivity index (χ1v) is 8.42. The minimum absolute atomic E-state index is 0.265. The highest BCUT2D eigenvalue weighted by atomic mass is 16.3. The van der Waals surface area contributed by atoms with Crippen molar-refractivity contribution in [2.24, 2.45) is 4.99 Å². The fourth-order valence-electron chi connectivity index (χ4n) is 3.05. The predicted octanol–water partition coefficient (Wildman–Crippen LogP) is 3.53. The second kappa shape index (κ2) is 10.1. The van der Waals surface area contributed by atoms with E-state index < -0.39 is 0 Å². The molecule has 0 radical (unpaired) electrons. The molecule has 1 heterocycles. The fraction of sp³-hybridized carbons (Fsp3) is 0.824. The molecule has 0 aliphatic carbocycles. The second-order valence-corrected chi connectivity index (χ2v) is 5.87. The average Bonchev–Trinajstić information content (AvgIpc) is 2.86. The van der Waals surface area contributed by atoms with Crippen LogP contribution in [0.25, 0.3) is 0 Å². The summed E-state index contributed by atoms with van der Waals surface area (Å²) in [4.78, 5) is 4.64. The van der Waals surface area contributed by atoms with E-state index in [4.69, 9.17) is 0 Å². The number of hydrogen-bond donors (Lipinski definition) is 1. The lowest BCUT2D eigenvalue weighted by atomic mass is 10.1. The number of unbranched alkanes of at least 4 members (excludes halogenated alkanes) is 4. The van der Waals surface area contributed by atoms with Gasteiger partial charge in [0.15, 0.2) is 6.17 Å². The second-order valence-electron chi connectivity index (χ2n) is 5.87. The predicted molar refractivity (Wildman–Crippen MR) is 87.0 cm³/mol. The summed E-state index contributed by atoms with van der Waals surface area (Å²) in [6, 6.07) is 0. The van der Waals surface area contributed by atoms with Gasteiger partial charge in [0.05, 0.1) is 19.4 Å². The number of rotatable bonds is 11. The standard InChI is InChI=1S/C17H33N2O/c1-3-5-6-7-8-9-10-11-12-17-18-13-14-19(17,4-2)15-16-20/h9-10,13,17,20H,3-8,11-12,14-16H2,1-2H3/q+1/b10-9+. The van der Waals surface area contributed by atoms with Gasteiger partial charge in [-0.25, -0.2) is 4.99 Å². The van der Waals surface area contributed by atoms with Gasteiger partial charge < -0.3 is 5.11 Å². The lowest BCUT2D eigenvalue weighted by Crippen LogP contribution is -2.53. The summed E-state index contributed by atoms with van der Waals surface area (Å²) in [5.74, 6) is 0. The molecular formula is C17H33N2O+. The molecule has 20 heavy (non-hydrogen) atoms. The first kappa shape index (κ1) is 17.4. The maximum Gasteiger partial charge on any atom is 0.183 e. The Bertz CT molecular complexity index is 301. The van der Waals surface area contributed by atoms with Crippen LogP contribution in [-0.4, -0.2) is 48.2 Å². The number of nitrogens with zero attached hydrogens (tertiary/aromatic N) is 2. The summed E-state index contributed by atoms with van der Waals surface area (Å²) < 4.78 is 0.945. The van der Waals surface area contributed by atoms with Crippen LogP contribution in [0, 0.1) is 0 Å². The van der Waals surface area contributed by atoms with Gasteiger partial charge in [-0.1, -0.05) is 38.3 Å². The van der Waals surface area contributed by atoms with Crippen molar-refractivity contribution in [1.29, 1.82) is 0 Å². The Morgan fingerprint density at radius 2 is 2.00 bits per heavy atom. The zero-order chi connectivity index (χ0) is 14.7. The zero-order valence-electron chi connectivity index (χ0n) is 13.4. The molecule has 0 saturated carbocycles. The topological polar surface area (TPSA) is 32.6 Å². The van der Waals surface area contributed by atoms with Crippen LogP contribution in [-0.2, 0) is 0 Å². The summed E-state index contributed by atoms with van der Waals surface area (Å²) in [6.07, 6.45) is 15.9. The molecule has 1 aliphatic heterocycles. The molecule has 2 unspecified atom stereocenters. The number of hydrogen-bond acceptors (Lipinski definition) is 2. The molecule has 2 atom stereocenters. The Morgan fingerprint density at radius 3 is 2.70 bits per heavy atom. The van der Waals surface area contributed by atoms with E-state index in [0.29, 0.717) is 6.17 Å². The molecule has 1 rings (SSSR count). The Labute approximate surface area is 125 Å². The van der Waals surface area contributed by atoms with Gasteiger partial charge in [0, 0.05) is 6.42 Å². The molecule has 0 saturated heterocycles. The highest BCUT2D eigenvalue weighted by Crippen LogP contribution is 2.23. The van der Waals surface area contributed by atoms with E-state index >= 15 is 0 Å². The van der Waals surface area contributed by atoms with E-state index in [1.165, 1.54) is 32.1 Å². The number of aliphatic hydroxyl groups excluding tert-OH is 1. The summed E-state index contributed by atoms with van der Waals surface area (Å²) >= 11 is 0. The lowest BCUT2D eigenvalue weighted by Gasteiger charge is -2.37. The summed E-state index contributed by atoms with van der Waals surface area (Å²) in [7, 11) is 0. The number of allylic oxidation sites excluding steroid dienone is 2. The quantitative estimate of drug-likeness (QED) is 0.351. The zero-order valence-corrected chi connectivity index (χ0v) is 13.4. The van der Waals surface area contributed by atoms with E-state index in [9.17, 15) is 5.11 Å². The monoisotopic (exact) mass is 281 g/mol. The first-order valence-electron chi connectivity index (χ1n) is 8.42. The van der Waals surface area contributed by atoms with Gasteiger partial charge in [0.25, 0.3) is 0 Å². The van der Waals surface area contributed by atoms with E-state index in [1.54, 1.807) is 0 Å². The molecule has 1 N–H and O–H groups in total. The van der Waals surface area contributed by atoms with Gasteiger partial charge in [0.1, 0.15) is 13.1 Å². The molecule has 1 aliphatic rings. The summed E-state index contributed by atoms with van der Waals surface area (Å²) in [5, 5.41) is 9.27. The molecule has 0 spiro atoms. The number of aliphatic imine (C=N–C) groups is 1. The molecule has 0 aromatic rings. The van der Waals surface area contributed by atoms with Crippen molar-refractivity contribution in [1.82, 2.24) is 0 Å². The Hall–Kier alpha value is -0.670. The third kappa shape index (κ3) is 5.37. The summed E-state index contributed by atoms with van der Waals surface area (Å²) in [6.45, 7) is 7.61. The average molecular weight is 281 g/mol. The van der Waals surface area contributed by atoms with Crippen molar-refractivity contribution in [2.45, 2.75) is 65.0 Å². The van der Waals surface area contributed by atoms with E-state index in [0.717, 1.165) is 37.0 Å². The minimum Gasteiger partial charge on any atom is -0.391 e. The van der Waals surface area contributed by atoms with Crippen LogP contribution in [0.15, 0.2) is 17.1 Å². The van der Waals surface area contributed by atoms with Crippen LogP contribution >= 0.6 is 0 Å². The van der Waals surface area contributed by atoms with Crippen LogP contribution in [0.2, 0.25) is 0 Å². The van der Waals surface area contributed by atoms with E-state index in [-0.39, 0.29) is 6.61 Å². The van der Waals surface area contributed by atoms with Crippen LogP contribution < -0.4 is 0 Å². The number of likely N-dealkylation sites (N-methyl/N-ethyl adjacent to an activating group) is 1. The summed E-state index contributed by atoms with van der Waals surface area (Å²) in [5.41, 5.74) is 0. The third-order valence-corrected chi connectivity index (χ3v) is 4.51. The largest absolute Gasteiger partial charge is 0.391 e. The van der Waals surface area contributed by atoms with Gasteiger partial charge in [-0.05, 0) is 26.2 Å². The molecular weight excluding hydrogens is 248 g/mol. The van der Waals surface area contributed by atoms with Gasteiger partial charge in [-0.3, -0.25) is 4.48 Å². The molecule has 116 valence electrons. The van der Waals surface area contributed by atoms with Crippen molar-refractivity contribution in [3.8, 4) is 0 Å². The molecule has 0 aromatic carbocycles. The number of aliphatic hydroxyl groups is 1. The molecule has 3 heteroatoms. The van der Waals surface area contributed by atoms with Crippen molar-refractivity contribution >= 4 is 6.21 Å². The van der Waals surface area contributed by atoms with Crippen LogP contribution in [0.5, 0.6) is 0 Å².